The highest BCUT2D eigenvalue weighted by Gasteiger charge is 1.99. The predicted molar refractivity (Wildman–Crippen MR) is 105 cm³/mol. The maximum absolute atomic E-state index is 5.66. The van der Waals surface area contributed by atoms with Gasteiger partial charge >= 0.3 is 0 Å². The summed E-state index contributed by atoms with van der Waals surface area (Å²) in [6, 6.07) is 12.2. The number of rotatable bonds is 6. The molecule has 6 heteroatoms. The van der Waals surface area contributed by atoms with E-state index in [0.29, 0.717) is 13.2 Å². The molecule has 0 amide bonds. The normalized spacial score (nSPS) is 10.7. The Labute approximate surface area is 153 Å². The molecule has 0 saturated heterocycles. The lowest BCUT2D eigenvalue weighted by Gasteiger charge is -2.12. The first-order chi connectivity index (χ1) is 10.3. The van der Waals surface area contributed by atoms with Crippen molar-refractivity contribution in [1.82, 2.24) is 10.6 Å². The van der Waals surface area contributed by atoms with E-state index < -0.39 is 0 Å². The number of nitrogens with zero attached hydrogens (tertiary/aromatic N) is 1. The van der Waals surface area contributed by atoms with Crippen molar-refractivity contribution in [3.63, 3.8) is 0 Å². The third kappa shape index (κ3) is 6.65. The number of hydrogen-bond donors (Lipinski definition) is 2. The van der Waals surface area contributed by atoms with Crippen LogP contribution in [0.4, 0.5) is 0 Å². The van der Waals surface area contributed by atoms with Crippen LogP contribution in [0, 0.1) is 6.92 Å². The molecule has 0 fully saturated rings. The fourth-order valence-electron chi connectivity index (χ4n) is 1.78. The molecule has 0 atom stereocenters. The van der Waals surface area contributed by atoms with Crippen molar-refractivity contribution in [3.05, 3.63) is 52.2 Å². The molecule has 2 rings (SSSR count). The van der Waals surface area contributed by atoms with Crippen molar-refractivity contribution in [3.8, 4) is 5.75 Å². The first-order valence-corrected chi connectivity index (χ1v) is 7.82. The highest BCUT2D eigenvalue weighted by atomic mass is 127. The molecule has 1 heterocycles. The number of aliphatic imine (C=N–C) groups is 1. The van der Waals surface area contributed by atoms with Crippen LogP contribution in [0.5, 0.6) is 5.75 Å². The highest BCUT2D eigenvalue weighted by molar-refractivity contribution is 14.0. The Morgan fingerprint density at radius 2 is 1.95 bits per heavy atom. The topological polar surface area (TPSA) is 45.7 Å². The van der Waals surface area contributed by atoms with E-state index in [1.807, 2.05) is 30.3 Å². The molecule has 0 unspecified atom stereocenters. The van der Waals surface area contributed by atoms with Crippen LogP contribution in [0.2, 0.25) is 0 Å². The molecule has 0 radical (unpaired) electrons. The summed E-state index contributed by atoms with van der Waals surface area (Å²) < 4.78 is 5.66. The lowest BCUT2D eigenvalue weighted by atomic mass is 10.2. The number of hydrogen-bond acceptors (Lipinski definition) is 3. The minimum Gasteiger partial charge on any atom is -0.492 e. The number of guanidine groups is 1. The molecule has 0 spiro atoms. The minimum atomic E-state index is 0. The summed E-state index contributed by atoms with van der Waals surface area (Å²) in [6.45, 7) is 4.16. The SMILES string of the molecule is CN=C(NCCOc1ccc(C)cc1)NCc1cccs1.I. The number of nitrogens with one attached hydrogen (secondary N) is 2. The smallest absolute Gasteiger partial charge is 0.191 e. The van der Waals surface area contributed by atoms with E-state index in [9.17, 15) is 0 Å². The first kappa shape index (κ1) is 18.8. The molecule has 1 aromatic carbocycles. The summed E-state index contributed by atoms with van der Waals surface area (Å²) in [6.07, 6.45) is 0. The Morgan fingerprint density at radius 1 is 1.18 bits per heavy atom. The van der Waals surface area contributed by atoms with Gasteiger partial charge in [-0.1, -0.05) is 23.8 Å². The maximum Gasteiger partial charge on any atom is 0.191 e. The van der Waals surface area contributed by atoms with Gasteiger partial charge in [0, 0.05) is 11.9 Å². The first-order valence-electron chi connectivity index (χ1n) is 6.94. The number of benzene rings is 1. The van der Waals surface area contributed by atoms with Crippen LogP contribution < -0.4 is 15.4 Å². The van der Waals surface area contributed by atoms with E-state index in [1.165, 1.54) is 10.4 Å². The second kappa shape index (κ2) is 10.4. The molecular formula is C16H22IN3OS. The van der Waals surface area contributed by atoms with E-state index >= 15 is 0 Å². The summed E-state index contributed by atoms with van der Waals surface area (Å²) in [5.41, 5.74) is 1.23. The molecule has 0 bridgehead atoms. The molecular weight excluding hydrogens is 409 g/mol. The van der Waals surface area contributed by atoms with Gasteiger partial charge in [0.2, 0.25) is 0 Å². The van der Waals surface area contributed by atoms with Crippen molar-refractivity contribution in [2.24, 2.45) is 4.99 Å². The van der Waals surface area contributed by atoms with Crippen molar-refractivity contribution < 1.29 is 4.74 Å². The van der Waals surface area contributed by atoms with Crippen LogP contribution in [0.15, 0.2) is 46.8 Å². The van der Waals surface area contributed by atoms with Gasteiger partial charge in [-0.05, 0) is 30.5 Å². The van der Waals surface area contributed by atoms with Crippen molar-refractivity contribution in [2.45, 2.75) is 13.5 Å². The third-order valence-electron chi connectivity index (χ3n) is 2.92. The molecule has 2 aromatic rings. The van der Waals surface area contributed by atoms with E-state index in [0.717, 1.165) is 18.3 Å². The molecule has 0 aliphatic heterocycles. The Kier molecular flexibility index (Phi) is 8.91. The quantitative estimate of drug-likeness (QED) is 0.319. The van der Waals surface area contributed by atoms with Gasteiger partial charge < -0.3 is 15.4 Å². The molecule has 0 saturated carbocycles. The fourth-order valence-corrected chi connectivity index (χ4v) is 2.42. The molecule has 22 heavy (non-hydrogen) atoms. The number of thiophene rings is 1. The summed E-state index contributed by atoms with van der Waals surface area (Å²) in [7, 11) is 1.77. The zero-order chi connectivity index (χ0) is 14.9. The van der Waals surface area contributed by atoms with Gasteiger partial charge in [-0.2, -0.15) is 0 Å². The van der Waals surface area contributed by atoms with E-state index in [1.54, 1.807) is 18.4 Å². The Bertz CT molecular complexity index is 555. The van der Waals surface area contributed by atoms with Crippen LogP contribution in [0.1, 0.15) is 10.4 Å². The molecule has 120 valence electrons. The van der Waals surface area contributed by atoms with Gasteiger partial charge in [0.15, 0.2) is 5.96 Å². The third-order valence-corrected chi connectivity index (χ3v) is 3.79. The zero-order valence-electron chi connectivity index (χ0n) is 12.8. The number of ether oxygens (including phenoxy) is 1. The Hall–Kier alpha value is -1.28. The predicted octanol–water partition coefficient (Wildman–Crippen LogP) is 3.42. The molecule has 0 aliphatic carbocycles. The average molecular weight is 431 g/mol. The largest absolute Gasteiger partial charge is 0.492 e. The zero-order valence-corrected chi connectivity index (χ0v) is 16.0. The van der Waals surface area contributed by atoms with Crippen molar-refractivity contribution >= 4 is 41.3 Å². The number of halogens is 1. The lowest BCUT2D eigenvalue weighted by Crippen LogP contribution is -2.38. The van der Waals surface area contributed by atoms with Gasteiger partial charge in [-0.25, -0.2) is 0 Å². The highest BCUT2D eigenvalue weighted by Crippen LogP contribution is 2.10. The van der Waals surface area contributed by atoms with Crippen LogP contribution in [0.3, 0.4) is 0 Å². The summed E-state index contributed by atoms with van der Waals surface area (Å²) in [5, 5.41) is 8.58. The van der Waals surface area contributed by atoms with E-state index in [4.69, 9.17) is 4.74 Å². The second-order valence-corrected chi connectivity index (χ2v) is 5.63. The molecule has 0 aliphatic rings. The van der Waals surface area contributed by atoms with Gasteiger partial charge in [-0.15, -0.1) is 35.3 Å². The van der Waals surface area contributed by atoms with Crippen LogP contribution in [-0.2, 0) is 6.54 Å². The molecule has 1 aromatic heterocycles. The van der Waals surface area contributed by atoms with Gasteiger partial charge in [0.1, 0.15) is 12.4 Å². The van der Waals surface area contributed by atoms with E-state index in [2.05, 4.69) is 34.0 Å². The Balaban J connectivity index is 0.00000242. The fraction of sp³-hybridized carbons (Fsp3) is 0.312. The average Bonchev–Trinajstić information content (AvgIpc) is 3.02. The molecule has 2 N–H and O–H groups in total. The van der Waals surface area contributed by atoms with E-state index in [-0.39, 0.29) is 24.0 Å². The van der Waals surface area contributed by atoms with Crippen LogP contribution in [-0.4, -0.2) is 26.2 Å². The standard InChI is InChI=1S/C16H21N3OS.HI/c1-13-5-7-14(8-6-13)20-10-9-18-16(17-2)19-12-15-4-3-11-21-15;/h3-8,11H,9-10,12H2,1-2H3,(H2,17,18,19);1H. The van der Waals surface area contributed by atoms with Gasteiger partial charge in [-0.3, -0.25) is 4.99 Å². The molecule has 4 nitrogen and oxygen atoms in total. The lowest BCUT2D eigenvalue weighted by molar-refractivity contribution is 0.322. The second-order valence-electron chi connectivity index (χ2n) is 4.59. The van der Waals surface area contributed by atoms with Crippen molar-refractivity contribution in [1.29, 1.82) is 0 Å². The summed E-state index contributed by atoms with van der Waals surface area (Å²) >= 11 is 1.73. The summed E-state index contributed by atoms with van der Waals surface area (Å²) in [5.74, 6) is 1.68. The van der Waals surface area contributed by atoms with Crippen LogP contribution in [0.25, 0.3) is 0 Å². The maximum atomic E-state index is 5.66. The Morgan fingerprint density at radius 3 is 2.59 bits per heavy atom. The monoisotopic (exact) mass is 431 g/mol. The van der Waals surface area contributed by atoms with Gasteiger partial charge in [0.25, 0.3) is 0 Å². The van der Waals surface area contributed by atoms with Crippen LogP contribution >= 0.6 is 35.3 Å². The minimum absolute atomic E-state index is 0. The number of aryl methyl sites for hydroxylation is 1. The summed E-state index contributed by atoms with van der Waals surface area (Å²) in [4.78, 5) is 5.47. The van der Waals surface area contributed by atoms with Gasteiger partial charge in [0.05, 0.1) is 13.1 Å². The van der Waals surface area contributed by atoms with Crippen molar-refractivity contribution in [2.75, 3.05) is 20.2 Å².